The highest BCUT2D eigenvalue weighted by Gasteiger charge is 2.25. The average Bonchev–Trinajstić information content (AvgIpc) is 0.835. The van der Waals surface area contributed by atoms with Gasteiger partial charge in [0.05, 0.1) is 26.6 Å². The fourth-order valence-electron chi connectivity index (χ4n) is 13.9. The zero-order valence-corrected chi connectivity index (χ0v) is 95.8. The number of rotatable bonds is 40. The first-order chi connectivity index (χ1) is 68.3. The minimum Gasteiger partial charge on any atom is -0.493 e. The Morgan fingerprint density at radius 3 is 1.07 bits per heavy atom. The SMILES string of the molecule is C=C/C=C/OC(=O)Oc1ccc(C(C)CC)cc1.CCC(C)c1ccc(OC(=O)OC(C)(C)C)c(OC)c1.CCC(C)c1ccc(OC(C)(C)C)cc1.CCC(C)c1ccc(OC(C)(C)CC)cc1.CCC(C)c1ccc(OC(C)OC2CCCCC2)cc1.CCC(C)c1ccc(OCC(=O)OC(C)(C)C)cc1.CCC(C)c1cccc(OCC(=O)OC(C)(C)C)c1.CCOC(C)Oc1ccc(C(C)CC)cc1OC. The minimum absolute atomic E-state index is 0.0543. The maximum Gasteiger partial charge on any atom is 0.518 e. The van der Waals surface area contributed by atoms with Crippen LogP contribution < -0.4 is 47.4 Å². The third-order valence-corrected chi connectivity index (χ3v) is 24.4. The van der Waals surface area contributed by atoms with E-state index in [0.717, 1.165) is 72.8 Å². The van der Waals surface area contributed by atoms with Gasteiger partial charge >= 0.3 is 24.2 Å². The van der Waals surface area contributed by atoms with Crippen LogP contribution in [0.1, 0.15) is 417 Å². The molecule has 20 heteroatoms. The number of carbonyl (C=O) groups is 4. The number of methoxy groups -OCH3 is 2. The summed E-state index contributed by atoms with van der Waals surface area (Å²) in [4.78, 5) is 46.0. The Labute approximate surface area is 876 Å². The van der Waals surface area contributed by atoms with Crippen molar-refractivity contribution in [2.45, 2.75) is 419 Å². The van der Waals surface area contributed by atoms with E-state index in [0.29, 0.717) is 88.8 Å². The summed E-state index contributed by atoms with van der Waals surface area (Å²) in [5, 5.41) is 0. The lowest BCUT2D eigenvalue weighted by Gasteiger charge is -2.26. The molecule has 10 atom stereocenters. The zero-order chi connectivity index (χ0) is 109. The first-order valence-electron chi connectivity index (χ1n) is 53.0. The van der Waals surface area contributed by atoms with Gasteiger partial charge in [-0.3, -0.25) is 0 Å². The number of esters is 2. The molecule has 0 saturated heterocycles. The molecule has 0 spiro atoms. The zero-order valence-electron chi connectivity index (χ0n) is 95.8. The standard InChI is InChI=1S/C18H28O2.C16H24O4.2C16H24O3.C15H24O3.C15H18O3.C15H24O.C14H22O/c1-4-14(2)16-10-12-18(13-11-16)20-15(3)19-17-8-6-5-7-9-17;1-7-11(2)12-8-9-13(14(10-12)18-6)19-15(17)20-16(3,4)5;1-6-12(2)13-7-9-14(10-8-13)18-11-15(17)19-16(3,4)5;1-6-12(2)13-8-7-9-14(10-13)18-11-15(17)19-16(3,4)5;1-6-11(3)13-8-9-14(15(10-13)16-5)18-12(4)17-7-2;1-4-6-11-17-15(16)18-14-9-7-13(8-10-14)12(3)5-2;1-6-12(3)13-8-10-14(11-9-13)16-15(4,5)7-2;1-6-11(2)12-7-9-13(10-8-12)15-14(3,4)5/h10-15,17H,4-9H2,1-3H3;8-11H,7H2,1-6H3;2*7-10,12H,6,11H2,1-5H3;8-12H,6-7H2,1-5H3;4,6-12H,1,5H2,2-3H3;8-12H,6-7H2,1-5H3;7-11H,6H2,1-5H3/b;;;;;11-6+;;. The first kappa shape index (κ1) is 130. The summed E-state index contributed by atoms with van der Waals surface area (Å²) in [7, 11) is 3.21. The number of benzene rings is 8. The second-order valence-corrected chi connectivity index (χ2v) is 41.7. The molecule has 0 bridgehead atoms. The number of allylic oxidation sites excluding steroid dienone is 2. The van der Waals surface area contributed by atoms with Gasteiger partial charge in [-0.05, 0) is 383 Å². The highest BCUT2D eigenvalue weighted by atomic mass is 16.7. The maximum absolute atomic E-state index is 11.7. The van der Waals surface area contributed by atoms with E-state index < -0.39 is 29.1 Å². The quantitative estimate of drug-likeness (QED) is 0.00871. The molecule has 0 N–H and O–H groups in total. The molecule has 1 aliphatic rings. The van der Waals surface area contributed by atoms with Crippen molar-refractivity contribution in [3.8, 4) is 57.5 Å². The molecule has 0 radical (unpaired) electrons. The summed E-state index contributed by atoms with van der Waals surface area (Å²) in [6.45, 7) is 73.8. The molecule has 0 amide bonds. The number of ether oxygens (including phenoxy) is 16. The van der Waals surface area contributed by atoms with E-state index in [1.54, 1.807) is 53.2 Å². The van der Waals surface area contributed by atoms with Crippen LogP contribution in [0.3, 0.4) is 0 Å². The Morgan fingerprint density at radius 1 is 0.345 bits per heavy atom. The van der Waals surface area contributed by atoms with Gasteiger partial charge in [-0.25, -0.2) is 19.2 Å². The van der Waals surface area contributed by atoms with Crippen molar-refractivity contribution in [2.75, 3.05) is 34.0 Å². The van der Waals surface area contributed by atoms with Crippen molar-refractivity contribution in [1.29, 1.82) is 0 Å². The van der Waals surface area contributed by atoms with E-state index >= 15 is 0 Å². The number of hydrogen-bond acceptors (Lipinski definition) is 20. The van der Waals surface area contributed by atoms with E-state index in [2.05, 4.69) is 249 Å². The number of hydrogen-bond donors (Lipinski definition) is 0. The normalized spacial score (nSPS) is 14.0. The van der Waals surface area contributed by atoms with Gasteiger partial charge in [-0.1, -0.05) is 235 Å². The predicted octanol–water partition coefficient (Wildman–Crippen LogP) is 35.2. The van der Waals surface area contributed by atoms with Crippen LogP contribution in [0.15, 0.2) is 207 Å². The van der Waals surface area contributed by atoms with Gasteiger partial charge in [0, 0.05) is 6.61 Å². The van der Waals surface area contributed by atoms with E-state index in [9.17, 15) is 19.2 Å². The predicted molar refractivity (Wildman–Crippen MR) is 595 cm³/mol. The van der Waals surface area contributed by atoms with Crippen LogP contribution in [-0.2, 0) is 38.0 Å². The fraction of sp³-hybridized carbons (Fsp3) is 0.552. The Balaban J connectivity index is 0.000000561. The summed E-state index contributed by atoms with van der Waals surface area (Å²) in [5.41, 5.74) is 8.60. The molecular formula is C125H188O20. The second kappa shape index (κ2) is 68.5. The second-order valence-electron chi connectivity index (χ2n) is 41.7. The lowest BCUT2D eigenvalue weighted by Crippen LogP contribution is -2.27. The van der Waals surface area contributed by atoms with Crippen LogP contribution >= 0.6 is 0 Å². The monoisotopic (exact) mass is 2010 g/mol. The summed E-state index contributed by atoms with van der Waals surface area (Å²) < 4.78 is 86.5. The van der Waals surface area contributed by atoms with Gasteiger partial charge in [-0.2, -0.15) is 0 Å². The molecule has 0 aliphatic heterocycles. The van der Waals surface area contributed by atoms with Crippen LogP contribution in [0, 0.1) is 0 Å². The molecular weight excluding hydrogens is 1820 g/mol. The molecule has 1 fully saturated rings. The molecule has 0 aromatic heterocycles. The van der Waals surface area contributed by atoms with E-state index in [1.165, 1.54) is 109 Å². The van der Waals surface area contributed by atoms with Gasteiger partial charge in [-0.15, -0.1) is 0 Å². The highest BCUT2D eigenvalue weighted by Crippen LogP contribution is 2.37. The van der Waals surface area contributed by atoms with Crippen LogP contribution in [0.25, 0.3) is 0 Å². The first-order valence-corrected chi connectivity index (χ1v) is 53.0. The molecule has 1 saturated carbocycles. The molecule has 10 unspecified atom stereocenters. The van der Waals surface area contributed by atoms with Crippen molar-refractivity contribution in [3.63, 3.8) is 0 Å². The van der Waals surface area contributed by atoms with Gasteiger partial charge < -0.3 is 75.8 Å². The average molecular weight is 2010 g/mol. The summed E-state index contributed by atoms with van der Waals surface area (Å²) in [6.07, 6.45) is 19.0. The van der Waals surface area contributed by atoms with Crippen molar-refractivity contribution < 1.29 is 95.0 Å². The fourth-order valence-corrected chi connectivity index (χ4v) is 13.9. The van der Waals surface area contributed by atoms with E-state index in [4.69, 9.17) is 71.1 Å². The molecule has 9 rings (SSSR count). The Bertz CT molecular complexity index is 4890. The Hall–Kier alpha value is -11.0. The summed E-state index contributed by atoms with van der Waals surface area (Å²) in [6, 6.07) is 60.2. The molecule has 145 heavy (non-hydrogen) atoms. The lowest BCUT2D eigenvalue weighted by atomic mass is 9.98. The third kappa shape index (κ3) is 56.5. The van der Waals surface area contributed by atoms with Crippen LogP contribution in [0.2, 0.25) is 0 Å². The maximum atomic E-state index is 11.7. The Kier molecular flexibility index (Phi) is 61.4. The van der Waals surface area contributed by atoms with Crippen molar-refractivity contribution in [3.05, 3.63) is 251 Å². The van der Waals surface area contributed by atoms with Gasteiger partial charge in [0.1, 0.15) is 62.5 Å². The largest absolute Gasteiger partial charge is 0.518 e. The molecule has 808 valence electrons. The molecule has 8 aromatic rings. The third-order valence-electron chi connectivity index (χ3n) is 24.4. The van der Waals surface area contributed by atoms with Crippen molar-refractivity contribution in [2.24, 2.45) is 0 Å². The molecule has 20 nitrogen and oxygen atoms in total. The van der Waals surface area contributed by atoms with Gasteiger partial charge in [0.25, 0.3) is 0 Å². The van der Waals surface area contributed by atoms with Gasteiger partial charge in [0.2, 0.25) is 0 Å². The van der Waals surface area contributed by atoms with Crippen molar-refractivity contribution >= 4 is 24.2 Å². The van der Waals surface area contributed by atoms with Crippen molar-refractivity contribution in [1.82, 2.24) is 0 Å². The summed E-state index contributed by atoms with van der Waals surface area (Å²) >= 11 is 0. The van der Waals surface area contributed by atoms with E-state index in [-0.39, 0.29) is 48.9 Å². The lowest BCUT2D eigenvalue weighted by molar-refractivity contribution is -0.158. The minimum atomic E-state index is -0.760. The molecule has 0 heterocycles. The van der Waals surface area contributed by atoms with Crippen LogP contribution in [-0.4, -0.2) is 105 Å². The van der Waals surface area contributed by atoms with Crippen LogP contribution in [0.4, 0.5) is 9.59 Å². The summed E-state index contributed by atoms with van der Waals surface area (Å²) in [5.74, 6) is 10.8. The van der Waals surface area contributed by atoms with Gasteiger partial charge in [0.15, 0.2) is 48.8 Å². The number of carbonyl (C=O) groups excluding carboxylic acids is 4. The molecule has 1 aliphatic carbocycles. The molecule has 8 aromatic carbocycles. The Morgan fingerprint density at radius 2 is 0.697 bits per heavy atom. The smallest absolute Gasteiger partial charge is 0.493 e. The van der Waals surface area contributed by atoms with E-state index in [1.807, 2.05) is 141 Å². The topological polar surface area (TPSA) is 216 Å². The van der Waals surface area contributed by atoms with Crippen LogP contribution in [0.5, 0.6) is 57.5 Å². The highest BCUT2D eigenvalue weighted by molar-refractivity contribution is 5.72.